The van der Waals surface area contributed by atoms with Crippen molar-refractivity contribution in [3.63, 3.8) is 0 Å². The Labute approximate surface area is 144 Å². The Balaban J connectivity index is 1.37. The van der Waals surface area contributed by atoms with E-state index in [-0.39, 0.29) is 17.7 Å². The van der Waals surface area contributed by atoms with Crippen LogP contribution in [0, 0.1) is 11.8 Å². The summed E-state index contributed by atoms with van der Waals surface area (Å²) in [6, 6.07) is 0.353. The third-order valence-corrected chi connectivity index (χ3v) is 5.63. The lowest BCUT2D eigenvalue weighted by Crippen LogP contribution is -2.53. The van der Waals surface area contributed by atoms with E-state index in [1.165, 1.54) is 12.8 Å². The molecule has 3 atom stereocenters. The maximum absolute atomic E-state index is 12.4. The van der Waals surface area contributed by atoms with Crippen LogP contribution in [-0.2, 0) is 14.3 Å². The SMILES string of the molecule is CC1CCCC(NC(=O)CN2CCN(C(=O)C3CCOC3)CC2)C1. The minimum absolute atomic E-state index is 0.0492. The predicted octanol–water partition coefficient (Wildman–Crippen LogP) is 0.862. The maximum atomic E-state index is 12.4. The number of hydrogen-bond donors (Lipinski definition) is 1. The fraction of sp³-hybridized carbons (Fsp3) is 0.889. The number of carbonyl (C=O) groups excluding carboxylic acids is 2. The number of piperazine rings is 1. The third-order valence-electron chi connectivity index (χ3n) is 5.63. The summed E-state index contributed by atoms with van der Waals surface area (Å²) >= 11 is 0. The lowest BCUT2D eigenvalue weighted by molar-refractivity contribution is -0.137. The molecular weight excluding hydrogens is 306 g/mol. The summed E-state index contributed by atoms with van der Waals surface area (Å²) in [7, 11) is 0. The van der Waals surface area contributed by atoms with Crippen molar-refractivity contribution in [1.29, 1.82) is 0 Å². The van der Waals surface area contributed by atoms with Gasteiger partial charge in [-0.3, -0.25) is 14.5 Å². The summed E-state index contributed by atoms with van der Waals surface area (Å²) in [6.07, 6.45) is 5.58. The molecule has 0 aromatic heterocycles. The van der Waals surface area contributed by atoms with Gasteiger partial charge in [0, 0.05) is 38.8 Å². The second kappa shape index (κ2) is 8.30. The van der Waals surface area contributed by atoms with E-state index in [9.17, 15) is 9.59 Å². The molecule has 3 aliphatic rings. The molecule has 0 spiro atoms. The smallest absolute Gasteiger partial charge is 0.234 e. The first kappa shape index (κ1) is 17.7. The Morgan fingerprint density at radius 3 is 2.58 bits per heavy atom. The van der Waals surface area contributed by atoms with E-state index in [1.54, 1.807) is 0 Å². The van der Waals surface area contributed by atoms with Gasteiger partial charge < -0.3 is 15.0 Å². The van der Waals surface area contributed by atoms with Gasteiger partial charge in [0.15, 0.2) is 0 Å². The first-order valence-electron chi connectivity index (χ1n) is 9.50. The van der Waals surface area contributed by atoms with Gasteiger partial charge in [-0.15, -0.1) is 0 Å². The molecule has 3 unspecified atom stereocenters. The van der Waals surface area contributed by atoms with Crippen LogP contribution in [0.1, 0.15) is 39.0 Å². The summed E-state index contributed by atoms with van der Waals surface area (Å²) < 4.78 is 5.31. The normalized spacial score (nSPS) is 31.9. The van der Waals surface area contributed by atoms with E-state index in [0.717, 1.165) is 51.4 Å². The molecule has 6 heteroatoms. The molecule has 0 aromatic carbocycles. The second-order valence-electron chi connectivity index (χ2n) is 7.70. The number of nitrogens with zero attached hydrogens (tertiary/aromatic N) is 2. The largest absolute Gasteiger partial charge is 0.381 e. The van der Waals surface area contributed by atoms with Crippen LogP contribution in [0.2, 0.25) is 0 Å². The molecule has 6 nitrogen and oxygen atoms in total. The van der Waals surface area contributed by atoms with E-state index in [0.29, 0.717) is 25.8 Å². The van der Waals surface area contributed by atoms with Crippen molar-refractivity contribution in [3.8, 4) is 0 Å². The molecule has 2 heterocycles. The summed E-state index contributed by atoms with van der Waals surface area (Å²) in [5, 5.41) is 3.20. The predicted molar refractivity (Wildman–Crippen MR) is 91.5 cm³/mol. The molecule has 1 aliphatic carbocycles. The summed E-state index contributed by atoms with van der Waals surface area (Å²) in [5.74, 6) is 1.14. The van der Waals surface area contributed by atoms with E-state index in [2.05, 4.69) is 17.1 Å². The zero-order valence-electron chi connectivity index (χ0n) is 14.8. The van der Waals surface area contributed by atoms with Crippen molar-refractivity contribution in [1.82, 2.24) is 15.1 Å². The molecular formula is C18H31N3O3. The highest BCUT2D eigenvalue weighted by atomic mass is 16.5. The minimum atomic E-state index is 0.0492. The van der Waals surface area contributed by atoms with Crippen LogP contribution in [0.3, 0.4) is 0 Å². The number of carbonyl (C=O) groups is 2. The van der Waals surface area contributed by atoms with Crippen LogP contribution in [0.4, 0.5) is 0 Å². The molecule has 2 saturated heterocycles. The number of rotatable bonds is 4. The topological polar surface area (TPSA) is 61.9 Å². The highest BCUT2D eigenvalue weighted by Crippen LogP contribution is 2.23. The van der Waals surface area contributed by atoms with Crippen LogP contribution in [-0.4, -0.2) is 73.6 Å². The number of hydrogen-bond acceptors (Lipinski definition) is 4. The first-order chi connectivity index (χ1) is 11.6. The van der Waals surface area contributed by atoms with Gasteiger partial charge in [0.1, 0.15) is 0 Å². The van der Waals surface area contributed by atoms with Crippen molar-refractivity contribution >= 4 is 11.8 Å². The van der Waals surface area contributed by atoms with Crippen molar-refractivity contribution < 1.29 is 14.3 Å². The number of ether oxygens (including phenoxy) is 1. The zero-order chi connectivity index (χ0) is 16.9. The average molecular weight is 337 g/mol. The van der Waals surface area contributed by atoms with Crippen LogP contribution < -0.4 is 5.32 Å². The second-order valence-corrected chi connectivity index (χ2v) is 7.70. The standard InChI is InChI=1S/C18H31N3O3/c1-14-3-2-4-16(11-14)19-17(22)12-20-6-8-21(9-7-20)18(23)15-5-10-24-13-15/h14-16H,2-13H2,1H3,(H,19,22). The van der Waals surface area contributed by atoms with E-state index >= 15 is 0 Å². The summed E-state index contributed by atoms with van der Waals surface area (Å²) in [6.45, 7) is 7.02. The van der Waals surface area contributed by atoms with Crippen LogP contribution in [0.5, 0.6) is 0 Å². The molecule has 24 heavy (non-hydrogen) atoms. The Morgan fingerprint density at radius 2 is 1.92 bits per heavy atom. The van der Waals surface area contributed by atoms with E-state index in [4.69, 9.17) is 4.74 Å². The molecule has 0 radical (unpaired) electrons. The summed E-state index contributed by atoms with van der Waals surface area (Å²) in [4.78, 5) is 28.7. The van der Waals surface area contributed by atoms with E-state index in [1.807, 2.05) is 4.90 Å². The Kier molecular flexibility index (Phi) is 6.11. The van der Waals surface area contributed by atoms with Gasteiger partial charge >= 0.3 is 0 Å². The molecule has 0 bridgehead atoms. The van der Waals surface area contributed by atoms with Gasteiger partial charge in [0.05, 0.1) is 19.1 Å². The highest BCUT2D eigenvalue weighted by Gasteiger charge is 2.30. The Morgan fingerprint density at radius 1 is 1.12 bits per heavy atom. The quantitative estimate of drug-likeness (QED) is 0.827. The monoisotopic (exact) mass is 337 g/mol. The number of amides is 2. The lowest BCUT2D eigenvalue weighted by atomic mass is 9.87. The Bertz CT molecular complexity index is 443. The zero-order valence-corrected chi connectivity index (χ0v) is 14.8. The third kappa shape index (κ3) is 4.70. The van der Waals surface area contributed by atoms with E-state index < -0.39 is 0 Å². The van der Waals surface area contributed by atoms with Crippen LogP contribution >= 0.6 is 0 Å². The van der Waals surface area contributed by atoms with Crippen molar-refractivity contribution in [2.24, 2.45) is 11.8 Å². The lowest BCUT2D eigenvalue weighted by Gasteiger charge is -2.36. The first-order valence-corrected chi connectivity index (χ1v) is 9.50. The maximum Gasteiger partial charge on any atom is 0.234 e. The van der Waals surface area contributed by atoms with Gasteiger partial charge in [-0.25, -0.2) is 0 Å². The fourth-order valence-corrected chi connectivity index (χ4v) is 4.16. The number of nitrogens with one attached hydrogen (secondary N) is 1. The molecule has 3 rings (SSSR count). The fourth-order valence-electron chi connectivity index (χ4n) is 4.16. The van der Waals surface area contributed by atoms with Crippen molar-refractivity contribution in [2.45, 2.75) is 45.1 Å². The molecule has 3 fully saturated rings. The van der Waals surface area contributed by atoms with Crippen LogP contribution in [0.25, 0.3) is 0 Å². The Hall–Kier alpha value is -1.14. The molecule has 1 saturated carbocycles. The molecule has 1 N–H and O–H groups in total. The molecule has 0 aromatic rings. The van der Waals surface area contributed by atoms with Gasteiger partial charge in [0.2, 0.25) is 11.8 Å². The van der Waals surface area contributed by atoms with Crippen molar-refractivity contribution in [2.75, 3.05) is 45.9 Å². The average Bonchev–Trinajstić information content (AvgIpc) is 3.09. The van der Waals surface area contributed by atoms with Gasteiger partial charge in [-0.05, 0) is 25.2 Å². The van der Waals surface area contributed by atoms with Gasteiger partial charge in [0.25, 0.3) is 0 Å². The molecule has 136 valence electrons. The van der Waals surface area contributed by atoms with Crippen LogP contribution in [0.15, 0.2) is 0 Å². The summed E-state index contributed by atoms with van der Waals surface area (Å²) in [5.41, 5.74) is 0. The van der Waals surface area contributed by atoms with Crippen molar-refractivity contribution in [3.05, 3.63) is 0 Å². The molecule has 2 amide bonds. The highest BCUT2D eigenvalue weighted by molar-refractivity contribution is 5.80. The van der Waals surface area contributed by atoms with Gasteiger partial charge in [-0.2, -0.15) is 0 Å². The minimum Gasteiger partial charge on any atom is -0.381 e. The van der Waals surface area contributed by atoms with Gasteiger partial charge in [-0.1, -0.05) is 19.8 Å². The molecule has 2 aliphatic heterocycles.